The van der Waals surface area contributed by atoms with Gasteiger partial charge in [-0.1, -0.05) is 6.07 Å². The molecule has 0 bridgehead atoms. The Morgan fingerprint density at radius 1 is 1.03 bits per heavy atom. The number of pyridine rings is 1. The Balaban J connectivity index is 1.22. The zero-order valence-electron chi connectivity index (χ0n) is 19.1. The highest BCUT2D eigenvalue weighted by molar-refractivity contribution is 5.52. The van der Waals surface area contributed by atoms with E-state index in [9.17, 15) is 0 Å². The maximum Gasteiger partial charge on any atom is 0.165 e. The number of hydrogen-bond donors (Lipinski definition) is 1. The molecule has 5 rings (SSSR count). The van der Waals surface area contributed by atoms with Crippen molar-refractivity contribution in [2.75, 3.05) is 38.7 Å². The summed E-state index contributed by atoms with van der Waals surface area (Å²) >= 11 is 0. The molecule has 3 aromatic rings. The van der Waals surface area contributed by atoms with E-state index in [1.165, 1.54) is 0 Å². The van der Waals surface area contributed by atoms with Crippen molar-refractivity contribution in [3.63, 3.8) is 0 Å². The highest BCUT2D eigenvalue weighted by Crippen LogP contribution is 2.38. The van der Waals surface area contributed by atoms with Crippen LogP contribution in [0.25, 0.3) is 0 Å². The number of benzene rings is 1. The van der Waals surface area contributed by atoms with Gasteiger partial charge in [-0.2, -0.15) is 0 Å². The average molecular weight is 448 g/mol. The molecule has 1 N–H and O–H groups in total. The molecule has 0 spiro atoms. The summed E-state index contributed by atoms with van der Waals surface area (Å²) in [5.74, 6) is 4.31. The summed E-state index contributed by atoms with van der Waals surface area (Å²) in [5, 5.41) is 3.27. The molecule has 2 aromatic heterocycles. The summed E-state index contributed by atoms with van der Waals surface area (Å²) in [6, 6.07) is 9.88. The first-order chi connectivity index (χ1) is 16.2. The van der Waals surface area contributed by atoms with Crippen molar-refractivity contribution < 1.29 is 14.2 Å². The molecule has 172 valence electrons. The number of rotatable bonds is 6. The summed E-state index contributed by atoms with van der Waals surface area (Å²) in [6.07, 6.45) is 5.71. The van der Waals surface area contributed by atoms with Crippen molar-refractivity contribution in [1.29, 1.82) is 0 Å². The van der Waals surface area contributed by atoms with Crippen LogP contribution >= 0.6 is 0 Å². The van der Waals surface area contributed by atoms with E-state index in [4.69, 9.17) is 19.2 Å². The third-order valence-electron chi connectivity index (χ3n) is 6.14. The first-order valence-corrected chi connectivity index (χ1v) is 11.4. The van der Waals surface area contributed by atoms with Crippen molar-refractivity contribution in [1.82, 2.24) is 19.9 Å². The lowest BCUT2D eigenvalue weighted by molar-refractivity contribution is 0.169. The lowest BCUT2D eigenvalue weighted by atomic mass is 9.93. The van der Waals surface area contributed by atoms with Crippen molar-refractivity contribution in [3.05, 3.63) is 59.7 Å². The van der Waals surface area contributed by atoms with Gasteiger partial charge in [0.25, 0.3) is 0 Å². The third-order valence-corrected chi connectivity index (χ3v) is 6.14. The molecule has 1 fully saturated rings. The first kappa shape index (κ1) is 21.5. The number of likely N-dealkylation sites (tertiary alicyclic amines) is 1. The number of methoxy groups -OCH3 is 1. The molecule has 8 heteroatoms. The third kappa shape index (κ3) is 5.01. The molecular weight excluding hydrogens is 418 g/mol. The summed E-state index contributed by atoms with van der Waals surface area (Å²) in [4.78, 5) is 16.2. The minimum atomic E-state index is 0.392. The van der Waals surface area contributed by atoms with Crippen molar-refractivity contribution in [2.45, 2.75) is 32.2 Å². The predicted octanol–water partition coefficient (Wildman–Crippen LogP) is 4.08. The van der Waals surface area contributed by atoms with Crippen LogP contribution in [0.1, 0.15) is 35.7 Å². The minimum Gasteiger partial charge on any atom is -0.496 e. The van der Waals surface area contributed by atoms with Crippen molar-refractivity contribution in [2.24, 2.45) is 0 Å². The van der Waals surface area contributed by atoms with Gasteiger partial charge in [0.2, 0.25) is 0 Å². The molecule has 0 atom stereocenters. The summed E-state index contributed by atoms with van der Waals surface area (Å²) < 4.78 is 17.1. The number of nitrogens with zero attached hydrogens (tertiary/aromatic N) is 4. The predicted molar refractivity (Wildman–Crippen MR) is 126 cm³/mol. The van der Waals surface area contributed by atoms with Gasteiger partial charge in [-0.15, -0.1) is 0 Å². The second-order valence-corrected chi connectivity index (χ2v) is 8.48. The second-order valence-electron chi connectivity index (χ2n) is 8.48. The number of piperidine rings is 1. The molecule has 0 aliphatic carbocycles. The van der Waals surface area contributed by atoms with E-state index >= 15 is 0 Å². The van der Waals surface area contributed by atoms with Gasteiger partial charge in [0.15, 0.2) is 11.5 Å². The first-order valence-electron chi connectivity index (χ1n) is 11.4. The van der Waals surface area contributed by atoms with E-state index in [0.29, 0.717) is 19.1 Å². The average Bonchev–Trinajstić information content (AvgIpc) is 2.84. The van der Waals surface area contributed by atoms with E-state index in [-0.39, 0.29) is 0 Å². The number of nitrogens with one attached hydrogen (secondary N) is 1. The van der Waals surface area contributed by atoms with Crippen LogP contribution < -0.4 is 19.5 Å². The van der Waals surface area contributed by atoms with Crippen molar-refractivity contribution >= 4 is 11.6 Å². The molecule has 0 amide bonds. The molecular formula is C25H29N5O3. The zero-order chi connectivity index (χ0) is 22.6. The van der Waals surface area contributed by atoms with Gasteiger partial charge in [-0.05, 0) is 51.1 Å². The number of aryl methyl sites for hydroxylation is 1. The van der Waals surface area contributed by atoms with Crippen LogP contribution in [-0.2, 0) is 6.54 Å². The molecule has 0 unspecified atom stereocenters. The fourth-order valence-electron chi connectivity index (χ4n) is 4.44. The van der Waals surface area contributed by atoms with Crippen molar-refractivity contribution in [3.8, 4) is 17.2 Å². The van der Waals surface area contributed by atoms with Gasteiger partial charge < -0.3 is 19.5 Å². The molecule has 1 aromatic carbocycles. The lowest BCUT2D eigenvalue weighted by Crippen LogP contribution is -2.33. The normalized spacial score (nSPS) is 16.4. The van der Waals surface area contributed by atoms with E-state index in [1.807, 2.05) is 37.4 Å². The zero-order valence-corrected chi connectivity index (χ0v) is 19.1. The molecule has 2 aliphatic heterocycles. The highest BCUT2D eigenvalue weighted by Gasteiger charge is 2.24. The van der Waals surface area contributed by atoms with E-state index in [2.05, 4.69) is 26.3 Å². The molecule has 0 radical (unpaired) electrons. The van der Waals surface area contributed by atoms with E-state index < -0.39 is 0 Å². The number of aromatic nitrogens is 3. The van der Waals surface area contributed by atoms with Gasteiger partial charge >= 0.3 is 0 Å². The SMILES string of the molecule is COc1cc2c(cc1CN1CCC(c3cncc(Nc4cccc(C)n4)n3)CC1)OCCO2. The maximum atomic E-state index is 5.76. The van der Waals surface area contributed by atoms with Crippen LogP contribution in [0.15, 0.2) is 42.7 Å². The van der Waals surface area contributed by atoms with Gasteiger partial charge in [0, 0.05) is 36.0 Å². The van der Waals surface area contributed by atoms with Gasteiger partial charge in [-0.3, -0.25) is 9.88 Å². The van der Waals surface area contributed by atoms with Crippen LogP contribution in [0, 0.1) is 6.92 Å². The molecule has 0 saturated carbocycles. The monoisotopic (exact) mass is 447 g/mol. The number of fused-ring (bicyclic) bond motifs is 1. The highest BCUT2D eigenvalue weighted by atomic mass is 16.6. The van der Waals surface area contributed by atoms with Gasteiger partial charge in [0.05, 0.1) is 19.0 Å². The minimum absolute atomic E-state index is 0.392. The Bertz CT molecular complexity index is 1110. The van der Waals surface area contributed by atoms with Gasteiger partial charge in [-0.25, -0.2) is 9.97 Å². The number of ether oxygens (including phenoxy) is 3. The van der Waals surface area contributed by atoms with E-state index in [1.54, 1.807) is 13.3 Å². The number of anilines is 2. The van der Waals surface area contributed by atoms with E-state index in [0.717, 1.165) is 78.3 Å². The molecule has 4 heterocycles. The van der Waals surface area contributed by atoms with Crippen LogP contribution in [0.2, 0.25) is 0 Å². The molecule has 33 heavy (non-hydrogen) atoms. The van der Waals surface area contributed by atoms with Gasteiger partial charge in [0.1, 0.15) is 30.6 Å². The summed E-state index contributed by atoms with van der Waals surface area (Å²) in [7, 11) is 1.70. The lowest BCUT2D eigenvalue weighted by Gasteiger charge is -2.32. The topological polar surface area (TPSA) is 81.6 Å². The summed E-state index contributed by atoms with van der Waals surface area (Å²) in [6.45, 7) is 5.92. The Labute approximate surface area is 193 Å². The maximum absolute atomic E-state index is 5.76. The largest absolute Gasteiger partial charge is 0.496 e. The fraction of sp³-hybridized carbons (Fsp3) is 0.400. The standard InChI is InChI=1S/C25H29N5O3/c1-17-4-3-5-24(27-17)29-25-15-26-14-20(28-25)18-6-8-30(9-7-18)16-19-12-22-23(13-21(19)31-2)33-11-10-32-22/h3-5,12-15,18H,6-11,16H2,1-2H3,(H,27,28,29). The fourth-order valence-corrected chi connectivity index (χ4v) is 4.44. The Morgan fingerprint density at radius 3 is 2.58 bits per heavy atom. The summed E-state index contributed by atoms with van der Waals surface area (Å²) in [5.41, 5.74) is 3.12. The molecule has 8 nitrogen and oxygen atoms in total. The number of hydrogen-bond acceptors (Lipinski definition) is 8. The van der Waals surface area contributed by atoms with Crippen LogP contribution in [0.4, 0.5) is 11.6 Å². The van der Waals surface area contributed by atoms with Crippen LogP contribution in [0.5, 0.6) is 17.2 Å². The van der Waals surface area contributed by atoms with Crippen LogP contribution in [-0.4, -0.2) is 53.3 Å². The Kier molecular flexibility index (Phi) is 6.26. The second kappa shape index (κ2) is 9.62. The Hall–Kier alpha value is -3.39. The quantitative estimate of drug-likeness (QED) is 0.605. The Morgan fingerprint density at radius 2 is 1.82 bits per heavy atom. The smallest absolute Gasteiger partial charge is 0.165 e. The van der Waals surface area contributed by atoms with Crippen LogP contribution in [0.3, 0.4) is 0 Å². The molecule has 1 saturated heterocycles. The molecule has 2 aliphatic rings.